The van der Waals surface area contributed by atoms with Gasteiger partial charge in [-0.3, -0.25) is 4.79 Å². The third-order valence-electron chi connectivity index (χ3n) is 2.98. The Morgan fingerprint density at radius 3 is 2.35 bits per heavy atom. The molecule has 2 atom stereocenters. The molecule has 1 heterocycles. The molecular formula is C12H15NO4. The predicted octanol–water partition coefficient (Wildman–Crippen LogP) is 0.137. The van der Waals surface area contributed by atoms with Gasteiger partial charge in [0.2, 0.25) is 0 Å². The summed E-state index contributed by atoms with van der Waals surface area (Å²) in [6.45, 7) is 2.03. The van der Waals surface area contributed by atoms with Gasteiger partial charge in [0.15, 0.2) is 5.78 Å². The molecule has 3 N–H and O–H groups in total. The lowest BCUT2D eigenvalue weighted by Crippen LogP contribution is -2.22. The number of nitrogens with zero attached hydrogens (tertiary/aromatic N) is 1. The van der Waals surface area contributed by atoms with Gasteiger partial charge in [-0.15, -0.1) is 0 Å². The van der Waals surface area contributed by atoms with E-state index in [1.165, 1.54) is 13.0 Å². The smallest absolute Gasteiger partial charge is 0.163 e. The average Bonchev–Trinajstić information content (AvgIpc) is 2.58. The fraction of sp³-hybridized carbons (Fsp3) is 0.417. The molecule has 0 spiro atoms. The van der Waals surface area contributed by atoms with E-state index >= 15 is 0 Å². The molecule has 1 aliphatic rings. The van der Waals surface area contributed by atoms with Crippen molar-refractivity contribution in [3.8, 4) is 5.75 Å². The van der Waals surface area contributed by atoms with E-state index in [1.807, 2.05) is 0 Å². The molecule has 0 aliphatic carbocycles. The average molecular weight is 237 g/mol. The van der Waals surface area contributed by atoms with Crippen molar-refractivity contribution in [2.45, 2.75) is 19.1 Å². The van der Waals surface area contributed by atoms with Gasteiger partial charge in [0.25, 0.3) is 0 Å². The Hall–Kier alpha value is -1.59. The normalized spacial score (nSPS) is 24.1. The molecule has 1 saturated heterocycles. The van der Waals surface area contributed by atoms with Crippen molar-refractivity contribution in [3.63, 3.8) is 0 Å². The van der Waals surface area contributed by atoms with Gasteiger partial charge in [-0.2, -0.15) is 0 Å². The van der Waals surface area contributed by atoms with Crippen molar-refractivity contribution >= 4 is 11.5 Å². The fourth-order valence-electron chi connectivity index (χ4n) is 1.99. The Kier molecular flexibility index (Phi) is 3.04. The molecule has 0 aromatic heterocycles. The number of hydrogen-bond acceptors (Lipinski definition) is 5. The largest absolute Gasteiger partial charge is 0.507 e. The van der Waals surface area contributed by atoms with Crippen LogP contribution in [0.2, 0.25) is 0 Å². The number of aromatic hydroxyl groups is 1. The number of aliphatic hydroxyl groups excluding tert-OH is 2. The summed E-state index contributed by atoms with van der Waals surface area (Å²) < 4.78 is 0. The highest BCUT2D eigenvalue weighted by Gasteiger charge is 2.29. The lowest BCUT2D eigenvalue weighted by molar-refractivity contribution is 0.0572. The molecule has 1 aromatic rings. The third-order valence-corrected chi connectivity index (χ3v) is 2.98. The molecule has 5 heteroatoms. The van der Waals surface area contributed by atoms with E-state index in [0.717, 1.165) is 0 Å². The van der Waals surface area contributed by atoms with E-state index < -0.39 is 12.2 Å². The quantitative estimate of drug-likeness (QED) is 0.637. The highest BCUT2D eigenvalue weighted by molar-refractivity contribution is 5.97. The second-order valence-electron chi connectivity index (χ2n) is 4.30. The predicted molar refractivity (Wildman–Crippen MR) is 62.3 cm³/mol. The zero-order valence-corrected chi connectivity index (χ0v) is 9.50. The van der Waals surface area contributed by atoms with E-state index in [2.05, 4.69) is 0 Å². The summed E-state index contributed by atoms with van der Waals surface area (Å²) in [6.07, 6.45) is -1.55. The molecule has 5 nitrogen and oxygen atoms in total. The van der Waals surface area contributed by atoms with Crippen LogP contribution in [0.4, 0.5) is 5.69 Å². The number of Topliss-reactive ketones (excluding diaryl/α,β-unsaturated/α-hetero) is 1. The molecule has 92 valence electrons. The maximum Gasteiger partial charge on any atom is 0.163 e. The second-order valence-corrected chi connectivity index (χ2v) is 4.30. The van der Waals surface area contributed by atoms with Crippen molar-refractivity contribution in [2.75, 3.05) is 18.0 Å². The highest BCUT2D eigenvalue weighted by Crippen LogP contribution is 2.27. The van der Waals surface area contributed by atoms with Gasteiger partial charge in [-0.05, 0) is 19.1 Å². The lowest BCUT2D eigenvalue weighted by Gasteiger charge is -2.18. The molecule has 0 amide bonds. The molecule has 1 aliphatic heterocycles. The van der Waals surface area contributed by atoms with E-state index in [-0.39, 0.29) is 17.1 Å². The van der Waals surface area contributed by atoms with E-state index in [9.17, 15) is 20.1 Å². The number of β-amino-alcohol motifs (C(OH)–C–C–N with tert-alkyl or cyclic N) is 2. The molecule has 1 aromatic carbocycles. The van der Waals surface area contributed by atoms with Crippen LogP contribution in [0, 0.1) is 0 Å². The topological polar surface area (TPSA) is 81.0 Å². The van der Waals surface area contributed by atoms with Crippen molar-refractivity contribution in [3.05, 3.63) is 23.8 Å². The summed E-state index contributed by atoms with van der Waals surface area (Å²) in [5, 5.41) is 28.5. The summed E-state index contributed by atoms with van der Waals surface area (Å²) in [5.41, 5.74) is 0.956. The number of aliphatic hydroxyl groups is 2. The standard InChI is InChI=1S/C12H15NO4/c1-7(14)9-3-2-8(4-10(9)15)13-5-11(16)12(17)6-13/h2-4,11-12,15-17H,5-6H2,1H3. The van der Waals surface area contributed by atoms with Gasteiger partial charge >= 0.3 is 0 Å². The van der Waals surface area contributed by atoms with Crippen molar-refractivity contribution in [1.29, 1.82) is 0 Å². The number of ketones is 1. The second kappa shape index (κ2) is 4.35. The van der Waals surface area contributed by atoms with Crippen LogP contribution in [-0.2, 0) is 0 Å². The third kappa shape index (κ3) is 2.25. The lowest BCUT2D eigenvalue weighted by atomic mass is 10.1. The number of carbonyl (C=O) groups excluding carboxylic acids is 1. The summed E-state index contributed by atoms with van der Waals surface area (Å²) >= 11 is 0. The first-order valence-corrected chi connectivity index (χ1v) is 5.44. The van der Waals surface area contributed by atoms with E-state index in [1.54, 1.807) is 17.0 Å². The summed E-state index contributed by atoms with van der Waals surface area (Å²) in [6, 6.07) is 4.72. The summed E-state index contributed by atoms with van der Waals surface area (Å²) in [4.78, 5) is 12.9. The number of hydrogen-bond donors (Lipinski definition) is 3. The molecular weight excluding hydrogens is 222 g/mol. The number of anilines is 1. The van der Waals surface area contributed by atoms with Gasteiger partial charge in [0.1, 0.15) is 5.75 Å². The van der Waals surface area contributed by atoms with Gasteiger partial charge < -0.3 is 20.2 Å². The monoisotopic (exact) mass is 237 g/mol. The SMILES string of the molecule is CC(=O)c1ccc(N2CC(O)C(O)C2)cc1O. The Bertz CT molecular complexity index is 436. The van der Waals surface area contributed by atoms with Crippen LogP contribution in [-0.4, -0.2) is 46.4 Å². The maximum absolute atomic E-state index is 11.1. The summed E-state index contributed by atoms with van der Waals surface area (Å²) in [7, 11) is 0. The number of benzene rings is 1. The van der Waals surface area contributed by atoms with Crippen molar-refractivity contribution in [2.24, 2.45) is 0 Å². The number of phenolic OH excluding ortho intramolecular Hbond substituents is 1. The van der Waals surface area contributed by atoms with Crippen LogP contribution in [0.1, 0.15) is 17.3 Å². The van der Waals surface area contributed by atoms with Crippen molar-refractivity contribution < 1.29 is 20.1 Å². The maximum atomic E-state index is 11.1. The first-order valence-electron chi connectivity index (χ1n) is 5.44. The molecule has 2 rings (SSSR count). The first kappa shape index (κ1) is 11.9. The Balaban J connectivity index is 2.24. The minimum atomic E-state index is -0.773. The minimum absolute atomic E-state index is 0.0779. The molecule has 17 heavy (non-hydrogen) atoms. The first-order chi connectivity index (χ1) is 7.99. The van der Waals surface area contributed by atoms with Crippen LogP contribution < -0.4 is 4.90 Å². The molecule has 0 radical (unpaired) electrons. The van der Waals surface area contributed by atoms with Crippen LogP contribution in [0.15, 0.2) is 18.2 Å². The van der Waals surface area contributed by atoms with E-state index in [4.69, 9.17) is 0 Å². The van der Waals surface area contributed by atoms with Gasteiger partial charge in [-0.25, -0.2) is 0 Å². The van der Waals surface area contributed by atoms with Gasteiger partial charge in [0, 0.05) is 24.8 Å². The van der Waals surface area contributed by atoms with Crippen LogP contribution in [0.3, 0.4) is 0 Å². The zero-order valence-electron chi connectivity index (χ0n) is 9.50. The highest BCUT2D eigenvalue weighted by atomic mass is 16.3. The fourth-order valence-corrected chi connectivity index (χ4v) is 1.99. The molecule has 0 saturated carbocycles. The number of rotatable bonds is 2. The zero-order chi connectivity index (χ0) is 12.6. The van der Waals surface area contributed by atoms with Gasteiger partial charge in [-0.1, -0.05) is 0 Å². The van der Waals surface area contributed by atoms with Crippen LogP contribution >= 0.6 is 0 Å². The van der Waals surface area contributed by atoms with Crippen LogP contribution in [0.25, 0.3) is 0 Å². The number of phenols is 1. The molecule has 1 fully saturated rings. The minimum Gasteiger partial charge on any atom is -0.507 e. The Labute approximate surface area is 98.9 Å². The van der Waals surface area contributed by atoms with Gasteiger partial charge in [0.05, 0.1) is 17.8 Å². The Morgan fingerprint density at radius 1 is 1.29 bits per heavy atom. The Morgan fingerprint density at radius 2 is 1.88 bits per heavy atom. The van der Waals surface area contributed by atoms with Crippen LogP contribution in [0.5, 0.6) is 5.75 Å². The molecule has 0 bridgehead atoms. The summed E-state index contributed by atoms with van der Waals surface area (Å²) in [5.74, 6) is -0.276. The van der Waals surface area contributed by atoms with Crippen molar-refractivity contribution in [1.82, 2.24) is 0 Å². The van der Waals surface area contributed by atoms with E-state index in [0.29, 0.717) is 18.8 Å². The number of carbonyl (C=O) groups is 1. The molecule has 2 unspecified atom stereocenters.